The van der Waals surface area contributed by atoms with Crippen LogP contribution in [0, 0.1) is 17.1 Å². The van der Waals surface area contributed by atoms with Crippen LogP contribution in [0.1, 0.15) is 63.4 Å². The molecule has 3 aromatic heterocycles. The van der Waals surface area contributed by atoms with E-state index in [1.165, 1.54) is 29.5 Å². The van der Waals surface area contributed by atoms with E-state index in [2.05, 4.69) is 52.7 Å². The predicted molar refractivity (Wildman–Crippen MR) is 142 cm³/mol. The van der Waals surface area contributed by atoms with Crippen molar-refractivity contribution >= 4 is 22.7 Å². The Labute approximate surface area is 219 Å². The molecule has 2 aliphatic rings. The highest BCUT2D eigenvalue weighted by Crippen LogP contribution is 2.36. The van der Waals surface area contributed by atoms with Gasteiger partial charge in [0, 0.05) is 17.4 Å². The average Bonchev–Trinajstić information content (AvgIpc) is 3.68. The zero-order valence-corrected chi connectivity index (χ0v) is 21.8. The Bertz CT molecular complexity index is 1690. The van der Waals surface area contributed by atoms with E-state index >= 15 is 0 Å². The molecule has 0 saturated heterocycles. The van der Waals surface area contributed by atoms with Crippen LogP contribution in [0.2, 0.25) is 0 Å². The van der Waals surface area contributed by atoms with Gasteiger partial charge in [0.25, 0.3) is 5.56 Å². The lowest BCUT2D eigenvalue weighted by molar-refractivity contribution is 0.382. The van der Waals surface area contributed by atoms with Crippen molar-refractivity contribution in [2.24, 2.45) is 0 Å². The van der Waals surface area contributed by atoms with Gasteiger partial charge in [-0.2, -0.15) is 10.2 Å². The van der Waals surface area contributed by atoms with Crippen molar-refractivity contribution in [3.05, 3.63) is 69.5 Å². The van der Waals surface area contributed by atoms with Gasteiger partial charge in [0.05, 0.1) is 23.2 Å². The molecule has 0 radical (unpaired) electrons. The quantitative estimate of drug-likeness (QED) is 0.408. The molecular formula is C28H29FN8O. The predicted octanol–water partition coefficient (Wildman–Crippen LogP) is 4.38. The summed E-state index contributed by atoms with van der Waals surface area (Å²) in [6.45, 7) is 8.48. The third kappa shape index (κ3) is 3.94. The van der Waals surface area contributed by atoms with E-state index in [1.807, 2.05) is 6.07 Å². The SMILES string of the molecule is CC(C)(C#N)c1nc(-n2c3nc(Nc4ccc5c(c4)CCNC5(C)C)ncc3c(=O)n2C2CC2)ccc1F. The highest BCUT2D eigenvalue weighted by molar-refractivity contribution is 5.77. The first-order valence-electron chi connectivity index (χ1n) is 12.8. The van der Waals surface area contributed by atoms with Crippen LogP contribution in [0.4, 0.5) is 16.0 Å². The summed E-state index contributed by atoms with van der Waals surface area (Å²) in [6, 6.07) is 11.1. The normalized spacial score (nSPS) is 16.7. The fourth-order valence-electron chi connectivity index (χ4n) is 5.19. The molecule has 1 aromatic carbocycles. The highest BCUT2D eigenvalue weighted by Gasteiger charge is 2.33. The largest absolute Gasteiger partial charge is 0.324 e. The zero-order chi connectivity index (χ0) is 26.8. The molecule has 0 unspecified atom stereocenters. The number of halogens is 1. The Hall–Kier alpha value is -4.10. The topological polar surface area (TPSA) is 113 Å². The molecule has 10 heteroatoms. The molecule has 1 aliphatic carbocycles. The first-order chi connectivity index (χ1) is 18.1. The van der Waals surface area contributed by atoms with Gasteiger partial charge in [-0.3, -0.25) is 4.79 Å². The minimum atomic E-state index is -1.15. The summed E-state index contributed by atoms with van der Waals surface area (Å²) in [4.78, 5) is 27.0. The number of nitrogens with zero attached hydrogens (tertiary/aromatic N) is 6. The van der Waals surface area contributed by atoms with Crippen molar-refractivity contribution in [1.82, 2.24) is 29.6 Å². The average molecular weight is 513 g/mol. The van der Waals surface area contributed by atoms with Crippen molar-refractivity contribution in [1.29, 1.82) is 5.26 Å². The maximum atomic E-state index is 14.7. The number of pyridine rings is 1. The number of benzene rings is 1. The second kappa shape index (κ2) is 8.46. The third-order valence-corrected chi connectivity index (χ3v) is 7.43. The number of aromatic nitrogens is 5. The highest BCUT2D eigenvalue weighted by atomic mass is 19.1. The summed E-state index contributed by atoms with van der Waals surface area (Å²) in [5.41, 5.74) is 2.32. The maximum absolute atomic E-state index is 14.7. The summed E-state index contributed by atoms with van der Waals surface area (Å²) >= 11 is 0. The summed E-state index contributed by atoms with van der Waals surface area (Å²) in [6.07, 6.45) is 4.16. The van der Waals surface area contributed by atoms with Gasteiger partial charge in [0.1, 0.15) is 11.2 Å². The van der Waals surface area contributed by atoms with Crippen molar-refractivity contribution < 1.29 is 4.39 Å². The van der Waals surface area contributed by atoms with Crippen molar-refractivity contribution in [3.8, 4) is 11.9 Å². The molecule has 0 atom stereocenters. The maximum Gasteiger partial charge on any atom is 0.278 e. The first-order valence-corrected chi connectivity index (χ1v) is 12.8. The van der Waals surface area contributed by atoms with E-state index in [1.54, 1.807) is 23.2 Å². The molecule has 1 fully saturated rings. The summed E-state index contributed by atoms with van der Waals surface area (Å²) in [5, 5.41) is 16.8. The van der Waals surface area contributed by atoms with E-state index in [0.717, 1.165) is 31.5 Å². The molecule has 2 N–H and O–H groups in total. The molecule has 4 aromatic rings. The number of nitriles is 1. The minimum Gasteiger partial charge on any atom is -0.324 e. The lowest BCUT2D eigenvalue weighted by atomic mass is 9.85. The van der Waals surface area contributed by atoms with Crippen LogP contribution < -0.4 is 16.2 Å². The van der Waals surface area contributed by atoms with E-state index < -0.39 is 11.2 Å². The van der Waals surface area contributed by atoms with Crippen LogP contribution in [-0.4, -0.2) is 30.9 Å². The minimum absolute atomic E-state index is 0.00463. The van der Waals surface area contributed by atoms with Gasteiger partial charge in [-0.25, -0.2) is 23.7 Å². The number of fused-ring (bicyclic) bond motifs is 2. The molecule has 4 heterocycles. The number of anilines is 2. The van der Waals surface area contributed by atoms with Crippen LogP contribution >= 0.6 is 0 Å². The van der Waals surface area contributed by atoms with E-state index in [4.69, 9.17) is 4.98 Å². The van der Waals surface area contributed by atoms with Crippen molar-refractivity contribution in [3.63, 3.8) is 0 Å². The van der Waals surface area contributed by atoms with Gasteiger partial charge in [-0.05, 0) is 88.9 Å². The van der Waals surface area contributed by atoms with Crippen LogP contribution in [0.3, 0.4) is 0 Å². The zero-order valence-electron chi connectivity index (χ0n) is 21.8. The van der Waals surface area contributed by atoms with Gasteiger partial charge in [0.2, 0.25) is 5.95 Å². The smallest absolute Gasteiger partial charge is 0.278 e. The Morgan fingerprint density at radius 1 is 1.21 bits per heavy atom. The molecule has 0 spiro atoms. The van der Waals surface area contributed by atoms with E-state index in [0.29, 0.717) is 22.8 Å². The van der Waals surface area contributed by atoms with Crippen LogP contribution in [0.15, 0.2) is 41.3 Å². The monoisotopic (exact) mass is 512 g/mol. The van der Waals surface area contributed by atoms with Gasteiger partial charge < -0.3 is 10.6 Å². The van der Waals surface area contributed by atoms with Crippen molar-refractivity contribution in [2.75, 3.05) is 11.9 Å². The lowest BCUT2D eigenvalue weighted by Gasteiger charge is -2.34. The first kappa shape index (κ1) is 24.2. The number of nitrogens with one attached hydrogen (secondary N) is 2. The van der Waals surface area contributed by atoms with Gasteiger partial charge in [-0.1, -0.05) is 6.07 Å². The molecule has 38 heavy (non-hydrogen) atoms. The third-order valence-electron chi connectivity index (χ3n) is 7.43. The fourth-order valence-corrected chi connectivity index (χ4v) is 5.19. The molecule has 0 amide bonds. The fraction of sp³-hybridized carbons (Fsp3) is 0.393. The second-order valence-electron chi connectivity index (χ2n) is 11.2. The molecule has 6 rings (SSSR count). The Morgan fingerprint density at radius 2 is 2.00 bits per heavy atom. The molecular weight excluding hydrogens is 483 g/mol. The summed E-state index contributed by atoms with van der Waals surface area (Å²) < 4.78 is 18.0. The standard InChI is InChI=1S/C28H29FN8O/c1-27(2,15-30)23-21(29)9-10-22(34-23)37-24-19(25(38)36(37)18-6-7-18)14-31-26(35-24)33-17-5-8-20-16(13-17)11-12-32-28(20,3)4/h5,8-10,13-14,18,32H,6-7,11-12H2,1-4H3,(H,31,33,35). The Kier molecular flexibility index (Phi) is 5.40. The molecule has 1 aliphatic heterocycles. The van der Waals surface area contributed by atoms with Crippen LogP contribution in [0.5, 0.6) is 0 Å². The molecule has 0 bridgehead atoms. The summed E-state index contributed by atoms with van der Waals surface area (Å²) in [7, 11) is 0. The molecule has 194 valence electrons. The van der Waals surface area contributed by atoms with Crippen LogP contribution in [-0.2, 0) is 17.4 Å². The van der Waals surface area contributed by atoms with Gasteiger partial charge in [-0.15, -0.1) is 0 Å². The van der Waals surface area contributed by atoms with Crippen molar-refractivity contribution in [2.45, 2.75) is 64.0 Å². The second-order valence-corrected chi connectivity index (χ2v) is 11.2. The summed E-state index contributed by atoms with van der Waals surface area (Å²) in [5.74, 6) is 0.101. The lowest BCUT2D eigenvalue weighted by Crippen LogP contribution is -2.42. The number of hydrogen-bond acceptors (Lipinski definition) is 7. The van der Waals surface area contributed by atoms with Gasteiger partial charge in [0.15, 0.2) is 11.5 Å². The van der Waals surface area contributed by atoms with Crippen LogP contribution in [0.25, 0.3) is 16.9 Å². The Morgan fingerprint density at radius 3 is 2.74 bits per heavy atom. The van der Waals surface area contributed by atoms with E-state index in [9.17, 15) is 14.4 Å². The molecule has 9 nitrogen and oxygen atoms in total. The van der Waals surface area contributed by atoms with E-state index in [-0.39, 0.29) is 22.8 Å². The van der Waals surface area contributed by atoms with Gasteiger partial charge >= 0.3 is 0 Å². The number of hydrogen-bond donors (Lipinski definition) is 2. The molecule has 1 saturated carbocycles. The Balaban J connectivity index is 1.46. The number of rotatable bonds is 5.